The van der Waals surface area contributed by atoms with Crippen molar-refractivity contribution in [2.75, 3.05) is 10.8 Å². The number of amides is 1. The van der Waals surface area contributed by atoms with Crippen molar-refractivity contribution in [3.05, 3.63) is 95.3 Å². The van der Waals surface area contributed by atoms with Gasteiger partial charge in [0.15, 0.2) is 0 Å². The van der Waals surface area contributed by atoms with Crippen molar-refractivity contribution in [3.63, 3.8) is 0 Å². The highest BCUT2D eigenvalue weighted by Crippen LogP contribution is 2.23. The van der Waals surface area contributed by atoms with Gasteiger partial charge in [0.05, 0.1) is 10.6 Å². The molecule has 0 atom stereocenters. The quantitative estimate of drug-likeness (QED) is 0.613. The fraction of sp³-hybridized carbons (Fsp3) is 0.0952. The summed E-state index contributed by atoms with van der Waals surface area (Å²) in [5, 5.41) is 3.29. The number of halogens is 2. The van der Waals surface area contributed by atoms with Gasteiger partial charge < -0.3 is 5.32 Å². The van der Waals surface area contributed by atoms with Gasteiger partial charge in [0.25, 0.3) is 10.0 Å². The number of para-hydroxylation sites is 1. The molecule has 3 rings (SSSR count). The van der Waals surface area contributed by atoms with E-state index in [1.54, 1.807) is 54.6 Å². The molecule has 1 N–H and O–H groups in total. The van der Waals surface area contributed by atoms with E-state index in [2.05, 4.69) is 5.32 Å². The molecule has 0 spiro atoms. The van der Waals surface area contributed by atoms with Crippen LogP contribution in [0.5, 0.6) is 0 Å². The van der Waals surface area contributed by atoms with Crippen LogP contribution in [0, 0.1) is 5.82 Å². The second kappa shape index (κ2) is 9.07. The average Bonchev–Trinajstić information content (AvgIpc) is 2.72. The van der Waals surface area contributed by atoms with Crippen LogP contribution in [0.3, 0.4) is 0 Å². The second-order valence-corrected chi connectivity index (χ2v) is 8.50. The summed E-state index contributed by atoms with van der Waals surface area (Å²) in [6, 6.07) is 19.7. The van der Waals surface area contributed by atoms with Crippen LogP contribution in [0.1, 0.15) is 5.56 Å². The number of carbonyl (C=O) groups excluding carboxylic acids is 1. The zero-order valence-electron chi connectivity index (χ0n) is 15.3. The van der Waals surface area contributed by atoms with Gasteiger partial charge in [0.2, 0.25) is 5.91 Å². The van der Waals surface area contributed by atoms with E-state index < -0.39 is 28.3 Å². The third-order valence-electron chi connectivity index (χ3n) is 4.14. The molecule has 0 heterocycles. The highest BCUT2D eigenvalue weighted by atomic mass is 35.5. The van der Waals surface area contributed by atoms with E-state index in [9.17, 15) is 17.6 Å². The number of nitrogens with zero attached hydrogens (tertiary/aromatic N) is 1. The van der Waals surface area contributed by atoms with Crippen LogP contribution >= 0.6 is 11.6 Å². The first-order valence-electron chi connectivity index (χ1n) is 8.71. The van der Waals surface area contributed by atoms with E-state index in [4.69, 9.17) is 11.6 Å². The van der Waals surface area contributed by atoms with Crippen LogP contribution in [0.4, 0.5) is 10.1 Å². The maximum Gasteiger partial charge on any atom is 0.264 e. The molecule has 0 aliphatic carbocycles. The molecule has 3 aromatic rings. The van der Waals surface area contributed by atoms with Gasteiger partial charge in [-0.15, -0.1) is 0 Å². The molecule has 0 aromatic heterocycles. The van der Waals surface area contributed by atoms with Crippen LogP contribution in [-0.2, 0) is 21.4 Å². The van der Waals surface area contributed by atoms with Gasteiger partial charge in [-0.25, -0.2) is 12.8 Å². The minimum Gasteiger partial charge on any atom is -0.350 e. The SMILES string of the molecule is O=C(CN(c1ccccc1)S(=O)(=O)c1ccc(F)cc1)NCc1ccc(Cl)cc1. The molecule has 0 aliphatic rings. The number of carbonyl (C=O) groups is 1. The van der Waals surface area contributed by atoms with E-state index in [-0.39, 0.29) is 11.4 Å². The molecule has 0 saturated heterocycles. The molecule has 3 aromatic carbocycles. The van der Waals surface area contributed by atoms with Gasteiger partial charge in [0.1, 0.15) is 12.4 Å². The average molecular weight is 433 g/mol. The van der Waals surface area contributed by atoms with Crippen molar-refractivity contribution < 1.29 is 17.6 Å². The number of sulfonamides is 1. The van der Waals surface area contributed by atoms with Crippen LogP contribution in [-0.4, -0.2) is 20.9 Å². The lowest BCUT2D eigenvalue weighted by molar-refractivity contribution is -0.119. The first-order valence-corrected chi connectivity index (χ1v) is 10.5. The van der Waals surface area contributed by atoms with Crippen molar-refractivity contribution in [2.45, 2.75) is 11.4 Å². The summed E-state index contributed by atoms with van der Waals surface area (Å²) in [5.41, 5.74) is 1.16. The highest BCUT2D eigenvalue weighted by Gasteiger charge is 2.27. The lowest BCUT2D eigenvalue weighted by atomic mass is 10.2. The van der Waals surface area contributed by atoms with E-state index in [1.807, 2.05) is 0 Å². The third kappa shape index (κ3) is 5.34. The Morgan fingerprint density at radius 3 is 2.17 bits per heavy atom. The summed E-state index contributed by atoms with van der Waals surface area (Å²) in [7, 11) is -4.07. The molecule has 1 amide bonds. The Hall–Kier alpha value is -2.90. The second-order valence-electron chi connectivity index (χ2n) is 6.20. The van der Waals surface area contributed by atoms with Crippen molar-refractivity contribution in [2.24, 2.45) is 0 Å². The van der Waals surface area contributed by atoms with Crippen molar-refractivity contribution >= 4 is 33.2 Å². The van der Waals surface area contributed by atoms with Crippen molar-refractivity contribution in [1.29, 1.82) is 0 Å². The molecule has 0 saturated carbocycles. The molecular formula is C21H18ClFN2O3S. The first-order chi connectivity index (χ1) is 13.9. The Kier molecular flexibility index (Phi) is 6.51. The molecule has 150 valence electrons. The van der Waals surface area contributed by atoms with E-state index in [1.165, 1.54) is 12.1 Å². The Morgan fingerprint density at radius 2 is 1.55 bits per heavy atom. The molecule has 5 nitrogen and oxygen atoms in total. The molecule has 0 aliphatic heterocycles. The zero-order chi connectivity index (χ0) is 20.9. The summed E-state index contributed by atoms with van der Waals surface area (Å²) in [5.74, 6) is -1.02. The first kappa shape index (κ1) is 20.8. The highest BCUT2D eigenvalue weighted by molar-refractivity contribution is 7.92. The molecule has 0 bridgehead atoms. The van der Waals surface area contributed by atoms with Gasteiger partial charge in [-0.2, -0.15) is 0 Å². The number of nitrogens with one attached hydrogen (secondary N) is 1. The van der Waals surface area contributed by atoms with Crippen LogP contribution in [0.25, 0.3) is 0 Å². The summed E-state index contributed by atoms with van der Waals surface area (Å²) in [4.78, 5) is 12.4. The largest absolute Gasteiger partial charge is 0.350 e. The van der Waals surface area contributed by atoms with Gasteiger partial charge in [-0.05, 0) is 54.1 Å². The Balaban J connectivity index is 1.81. The molecule has 0 unspecified atom stereocenters. The predicted molar refractivity (Wildman–Crippen MR) is 111 cm³/mol. The van der Waals surface area contributed by atoms with E-state index >= 15 is 0 Å². The number of hydrogen-bond acceptors (Lipinski definition) is 3. The minimum absolute atomic E-state index is 0.103. The number of benzene rings is 3. The Labute approximate surface area is 173 Å². The molecule has 8 heteroatoms. The number of hydrogen-bond donors (Lipinski definition) is 1. The standard InChI is InChI=1S/C21H18ClFN2O3S/c22-17-8-6-16(7-9-17)14-24-21(26)15-25(19-4-2-1-3-5-19)29(27,28)20-12-10-18(23)11-13-20/h1-13H,14-15H2,(H,24,26). The molecular weight excluding hydrogens is 415 g/mol. The molecule has 29 heavy (non-hydrogen) atoms. The van der Waals surface area contributed by atoms with E-state index in [0.29, 0.717) is 10.7 Å². The topological polar surface area (TPSA) is 66.5 Å². The maximum atomic E-state index is 13.2. The number of rotatable bonds is 7. The summed E-state index contributed by atoms with van der Waals surface area (Å²) in [6.45, 7) is -0.188. The third-order valence-corrected chi connectivity index (χ3v) is 6.18. The smallest absolute Gasteiger partial charge is 0.264 e. The Bertz CT molecular complexity index is 1070. The maximum absolute atomic E-state index is 13.2. The van der Waals surface area contributed by atoms with Gasteiger partial charge in [-0.1, -0.05) is 41.9 Å². The Morgan fingerprint density at radius 1 is 0.931 bits per heavy atom. The van der Waals surface area contributed by atoms with Crippen LogP contribution in [0.15, 0.2) is 83.8 Å². The summed E-state index contributed by atoms with van der Waals surface area (Å²) < 4.78 is 40.4. The van der Waals surface area contributed by atoms with Crippen LogP contribution < -0.4 is 9.62 Å². The predicted octanol–water partition coefficient (Wildman–Crippen LogP) is 3.99. The van der Waals surface area contributed by atoms with Crippen molar-refractivity contribution in [1.82, 2.24) is 5.32 Å². The zero-order valence-corrected chi connectivity index (χ0v) is 16.8. The normalized spacial score (nSPS) is 11.1. The molecule has 0 radical (unpaired) electrons. The van der Waals surface area contributed by atoms with Gasteiger partial charge >= 0.3 is 0 Å². The number of anilines is 1. The lowest BCUT2D eigenvalue weighted by Crippen LogP contribution is -2.40. The van der Waals surface area contributed by atoms with E-state index in [0.717, 1.165) is 22.0 Å². The van der Waals surface area contributed by atoms with Gasteiger partial charge in [-0.3, -0.25) is 9.10 Å². The van der Waals surface area contributed by atoms with Crippen LogP contribution in [0.2, 0.25) is 5.02 Å². The molecule has 0 fully saturated rings. The summed E-state index contributed by atoms with van der Waals surface area (Å²) >= 11 is 5.85. The summed E-state index contributed by atoms with van der Waals surface area (Å²) in [6.07, 6.45) is 0. The monoisotopic (exact) mass is 432 g/mol. The van der Waals surface area contributed by atoms with Crippen molar-refractivity contribution in [3.8, 4) is 0 Å². The van der Waals surface area contributed by atoms with Gasteiger partial charge in [0, 0.05) is 11.6 Å². The lowest BCUT2D eigenvalue weighted by Gasteiger charge is -2.24. The fourth-order valence-electron chi connectivity index (χ4n) is 2.63. The fourth-order valence-corrected chi connectivity index (χ4v) is 4.18. The minimum atomic E-state index is -4.07.